The van der Waals surface area contributed by atoms with Gasteiger partial charge in [0.15, 0.2) is 0 Å². The van der Waals surface area contributed by atoms with E-state index in [0.29, 0.717) is 28.4 Å². The molecule has 2 aromatic rings. The molecule has 1 heterocycles. The first-order chi connectivity index (χ1) is 9.11. The molecule has 0 saturated heterocycles. The number of nitrogens with two attached hydrogens (primary N) is 1. The van der Waals surface area contributed by atoms with Crippen LogP contribution < -0.4 is 10.5 Å². The van der Waals surface area contributed by atoms with Gasteiger partial charge in [0.2, 0.25) is 0 Å². The summed E-state index contributed by atoms with van der Waals surface area (Å²) in [6.07, 6.45) is 0. The monoisotopic (exact) mass is 263 g/mol. The number of esters is 1. The minimum absolute atomic E-state index is 0.0122. The van der Waals surface area contributed by atoms with Gasteiger partial charge in [-0.3, -0.25) is 0 Å². The Morgan fingerprint density at radius 2 is 2.21 bits per heavy atom. The number of ether oxygens (including phenoxy) is 2. The molecule has 7 heteroatoms. The van der Waals surface area contributed by atoms with Gasteiger partial charge in [0.1, 0.15) is 29.3 Å². The van der Waals surface area contributed by atoms with Crippen molar-refractivity contribution in [1.29, 1.82) is 0 Å². The SMILES string of the molecule is COc1cc(N)ccc1C(=O)OCc1nonc1C. The molecule has 0 radical (unpaired) electrons. The highest BCUT2D eigenvalue weighted by atomic mass is 16.6. The molecule has 0 amide bonds. The number of nitrogens with zero attached hydrogens (tertiary/aromatic N) is 2. The molecule has 0 aliphatic carbocycles. The summed E-state index contributed by atoms with van der Waals surface area (Å²) in [6, 6.07) is 4.70. The Morgan fingerprint density at radius 1 is 1.42 bits per heavy atom. The van der Waals surface area contributed by atoms with E-state index in [1.54, 1.807) is 25.1 Å². The molecule has 1 aromatic carbocycles. The lowest BCUT2D eigenvalue weighted by Gasteiger charge is -2.08. The summed E-state index contributed by atoms with van der Waals surface area (Å²) in [5.74, 6) is -0.167. The van der Waals surface area contributed by atoms with Crippen molar-refractivity contribution in [3.8, 4) is 5.75 Å². The van der Waals surface area contributed by atoms with Crippen LogP contribution in [-0.2, 0) is 11.3 Å². The van der Waals surface area contributed by atoms with Gasteiger partial charge in [0.25, 0.3) is 0 Å². The van der Waals surface area contributed by atoms with Crippen LogP contribution in [0.2, 0.25) is 0 Å². The van der Waals surface area contributed by atoms with E-state index in [0.717, 1.165) is 0 Å². The van der Waals surface area contributed by atoms with Crippen LogP contribution in [0.4, 0.5) is 5.69 Å². The maximum Gasteiger partial charge on any atom is 0.342 e. The van der Waals surface area contributed by atoms with Gasteiger partial charge in [-0.05, 0) is 19.1 Å². The lowest BCUT2D eigenvalue weighted by atomic mass is 10.2. The smallest absolute Gasteiger partial charge is 0.342 e. The highest BCUT2D eigenvalue weighted by molar-refractivity contribution is 5.93. The Labute approximate surface area is 109 Å². The van der Waals surface area contributed by atoms with E-state index in [1.807, 2.05) is 0 Å². The summed E-state index contributed by atoms with van der Waals surface area (Å²) >= 11 is 0. The number of anilines is 1. The predicted octanol–water partition coefficient (Wildman–Crippen LogP) is 1.33. The van der Waals surface area contributed by atoms with E-state index >= 15 is 0 Å². The van der Waals surface area contributed by atoms with Crippen molar-refractivity contribution in [1.82, 2.24) is 10.3 Å². The molecule has 2 N–H and O–H groups in total. The zero-order chi connectivity index (χ0) is 13.8. The molecule has 0 aliphatic rings. The third kappa shape index (κ3) is 2.82. The standard InChI is InChI=1S/C12H13N3O4/c1-7-10(15-19-14-7)6-18-12(16)9-4-3-8(13)5-11(9)17-2/h3-5H,6,13H2,1-2H3. The third-order valence-electron chi connectivity index (χ3n) is 2.53. The molecular formula is C12H13N3O4. The molecular weight excluding hydrogens is 250 g/mol. The van der Waals surface area contributed by atoms with Crippen LogP contribution >= 0.6 is 0 Å². The number of carbonyl (C=O) groups is 1. The first-order valence-corrected chi connectivity index (χ1v) is 5.50. The highest BCUT2D eigenvalue weighted by Gasteiger charge is 2.15. The van der Waals surface area contributed by atoms with E-state index < -0.39 is 5.97 Å². The van der Waals surface area contributed by atoms with Gasteiger partial charge in [-0.15, -0.1) is 0 Å². The number of methoxy groups -OCH3 is 1. The van der Waals surface area contributed by atoms with Crippen molar-refractivity contribution in [3.05, 3.63) is 35.2 Å². The lowest BCUT2D eigenvalue weighted by Crippen LogP contribution is -2.08. The van der Waals surface area contributed by atoms with Gasteiger partial charge < -0.3 is 15.2 Å². The second-order valence-corrected chi connectivity index (χ2v) is 3.83. The molecule has 0 bridgehead atoms. The Balaban J connectivity index is 2.10. The number of aryl methyl sites for hydroxylation is 1. The molecule has 19 heavy (non-hydrogen) atoms. The van der Waals surface area contributed by atoms with Gasteiger partial charge in [-0.1, -0.05) is 10.3 Å². The lowest BCUT2D eigenvalue weighted by molar-refractivity contribution is 0.0460. The average Bonchev–Trinajstić information content (AvgIpc) is 2.81. The Bertz CT molecular complexity index is 594. The maximum absolute atomic E-state index is 11.9. The van der Waals surface area contributed by atoms with Gasteiger partial charge in [-0.2, -0.15) is 0 Å². The number of aromatic nitrogens is 2. The molecule has 0 unspecified atom stereocenters. The molecule has 0 aliphatic heterocycles. The largest absolute Gasteiger partial charge is 0.496 e. The fourth-order valence-corrected chi connectivity index (χ4v) is 1.47. The molecule has 2 rings (SSSR count). The van der Waals surface area contributed by atoms with Crippen molar-refractivity contribution < 1.29 is 18.9 Å². The van der Waals surface area contributed by atoms with Crippen molar-refractivity contribution in [3.63, 3.8) is 0 Å². The van der Waals surface area contributed by atoms with Crippen molar-refractivity contribution in [2.75, 3.05) is 12.8 Å². The van der Waals surface area contributed by atoms with E-state index in [1.165, 1.54) is 7.11 Å². The first kappa shape index (κ1) is 12.9. The molecule has 0 spiro atoms. The summed E-state index contributed by atoms with van der Waals surface area (Å²) in [7, 11) is 1.46. The number of benzene rings is 1. The van der Waals surface area contributed by atoms with Crippen LogP contribution in [0.3, 0.4) is 0 Å². The Morgan fingerprint density at radius 3 is 2.84 bits per heavy atom. The second kappa shape index (κ2) is 5.38. The average molecular weight is 263 g/mol. The second-order valence-electron chi connectivity index (χ2n) is 3.83. The number of rotatable bonds is 4. The minimum atomic E-state index is -0.528. The minimum Gasteiger partial charge on any atom is -0.496 e. The fraction of sp³-hybridized carbons (Fsp3) is 0.250. The van der Waals surface area contributed by atoms with E-state index in [2.05, 4.69) is 14.9 Å². The summed E-state index contributed by atoms with van der Waals surface area (Å²) in [5, 5.41) is 7.22. The Kier molecular flexibility index (Phi) is 3.65. The summed E-state index contributed by atoms with van der Waals surface area (Å²) < 4.78 is 14.7. The van der Waals surface area contributed by atoms with Gasteiger partial charge >= 0.3 is 5.97 Å². The molecule has 0 fully saturated rings. The van der Waals surface area contributed by atoms with Gasteiger partial charge in [-0.25, -0.2) is 9.42 Å². The molecule has 7 nitrogen and oxygen atoms in total. The van der Waals surface area contributed by atoms with Crippen molar-refractivity contribution >= 4 is 11.7 Å². The maximum atomic E-state index is 11.9. The number of hydrogen-bond donors (Lipinski definition) is 1. The Hall–Kier alpha value is -2.57. The normalized spacial score (nSPS) is 10.2. The number of hydrogen-bond acceptors (Lipinski definition) is 7. The van der Waals surface area contributed by atoms with E-state index in [4.69, 9.17) is 15.2 Å². The van der Waals surface area contributed by atoms with Crippen LogP contribution in [-0.4, -0.2) is 23.4 Å². The molecule has 1 aromatic heterocycles. The highest BCUT2D eigenvalue weighted by Crippen LogP contribution is 2.22. The first-order valence-electron chi connectivity index (χ1n) is 5.50. The molecule has 100 valence electrons. The molecule has 0 atom stereocenters. The predicted molar refractivity (Wildman–Crippen MR) is 65.6 cm³/mol. The zero-order valence-electron chi connectivity index (χ0n) is 10.5. The zero-order valence-corrected chi connectivity index (χ0v) is 10.5. The number of nitrogen functional groups attached to an aromatic ring is 1. The van der Waals surface area contributed by atoms with Crippen LogP contribution in [0.15, 0.2) is 22.8 Å². The van der Waals surface area contributed by atoms with Gasteiger partial charge in [0.05, 0.1) is 7.11 Å². The van der Waals surface area contributed by atoms with Crippen LogP contribution in [0, 0.1) is 6.92 Å². The quantitative estimate of drug-likeness (QED) is 0.655. The van der Waals surface area contributed by atoms with E-state index in [-0.39, 0.29) is 6.61 Å². The van der Waals surface area contributed by atoms with Crippen LogP contribution in [0.5, 0.6) is 5.75 Å². The number of carbonyl (C=O) groups excluding carboxylic acids is 1. The topological polar surface area (TPSA) is 100 Å². The van der Waals surface area contributed by atoms with E-state index in [9.17, 15) is 4.79 Å². The molecule has 0 saturated carbocycles. The van der Waals surface area contributed by atoms with Gasteiger partial charge in [0, 0.05) is 11.8 Å². The van der Waals surface area contributed by atoms with Crippen LogP contribution in [0.25, 0.3) is 0 Å². The van der Waals surface area contributed by atoms with Crippen molar-refractivity contribution in [2.45, 2.75) is 13.5 Å². The van der Waals surface area contributed by atoms with Crippen LogP contribution in [0.1, 0.15) is 21.7 Å². The summed E-state index contributed by atoms with van der Waals surface area (Å²) in [5.41, 5.74) is 7.47. The fourth-order valence-electron chi connectivity index (χ4n) is 1.47. The summed E-state index contributed by atoms with van der Waals surface area (Å²) in [6.45, 7) is 1.70. The third-order valence-corrected chi connectivity index (χ3v) is 2.53. The summed E-state index contributed by atoms with van der Waals surface area (Å²) in [4.78, 5) is 11.9. The van der Waals surface area contributed by atoms with Crippen molar-refractivity contribution in [2.24, 2.45) is 0 Å².